The van der Waals surface area contributed by atoms with Crippen molar-refractivity contribution < 1.29 is 18.4 Å². The van der Waals surface area contributed by atoms with Crippen molar-refractivity contribution in [3.63, 3.8) is 0 Å². The van der Waals surface area contributed by atoms with E-state index in [1.807, 2.05) is 0 Å². The van der Waals surface area contributed by atoms with Crippen LogP contribution in [-0.2, 0) is 15.0 Å². The van der Waals surface area contributed by atoms with Crippen LogP contribution in [0.15, 0.2) is 28.3 Å². The third-order valence-corrected chi connectivity index (χ3v) is 4.82. The summed E-state index contributed by atoms with van der Waals surface area (Å²) in [5.74, 6) is -3.21. The van der Waals surface area contributed by atoms with Gasteiger partial charge in [-0.15, -0.1) is 5.10 Å². The van der Waals surface area contributed by atoms with Crippen molar-refractivity contribution in [3.05, 3.63) is 34.6 Å². The first-order valence-electron chi connectivity index (χ1n) is 7.91. The van der Waals surface area contributed by atoms with Crippen molar-refractivity contribution in [1.29, 1.82) is 0 Å². The second kappa shape index (κ2) is 6.39. The van der Waals surface area contributed by atoms with E-state index < -0.39 is 22.9 Å². The van der Waals surface area contributed by atoms with E-state index in [1.54, 1.807) is 6.07 Å². The topological polar surface area (TPSA) is 92.3 Å². The Morgan fingerprint density at radius 1 is 1.54 bits per heavy atom. The zero-order valence-corrected chi connectivity index (χ0v) is 15.0. The van der Waals surface area contributed by atoms with Gasteiger partial charge in [0.25, 0.3) is 11.7 Å². The Bertz CT molecular complexity index is 788. The van der Waals surface area contributed by atoms with E-state index in [0.29, 0.717) is 24.2 Å². The molecule has 1 atom stereocenters. The highest BCUT2D eigenvalue weighted by molar-refractivity contribution is 6.32. The van der Waals surface area contributed by atoms with Gasteiger partial charge in [-0.3, -0.25) is 9.79 Å². The van der Waals surface area contributed by atoms with Gasteiger partial charge in [0.2, 0.25) is 5.91 Å². The van der Waals surface area contributed by atoms with E-state index in [1.165, 1.54) is 26.1 Å². The number of hydrazone groups is 1. The Hall–Kier alpha value is -2.42. The number of hydroxylamine groups is 1. The Morgan fingerprint density at radius 2 is 2.23 bits per heavy atom. The molecular formula is C16H18ClF2N5O2. The summed E-state index contributed by atoms with van der Waals surface area (Å²) in [5, 5.41) is 4.92. The molecule has 2 aliphatic rings. The van der Waals surface area contributed by atoms with Crippen LogP contribution in [-0.4, -0.2) is 42.0 Å². The molecular weight excluding hydrogens is 368 g/mol. The number of primary amides is 1. The third-order valence-electron chi connectivity index (χ3n) is 4.50. The molecule has 0 saturated heterocycles. The van der Waals surface area contributed by atoms with Crippen molar-refractivity contribution in [3.8, 4) is 0 Å². The van der Waals surface area contributed by atoms with Crippen molar-refractivity contribution in [1.82, 2.24) is 10.5 Å². The predicted molar refractivity (Wildman–Crippen MR) is 92.8 cm³/mol. The number of halogens is 3. The highest BCUT2D eigenvalue weighted by Crippen LogP contribution is 2.52. The minimum atomic E-state index is -2.09. The zero-order chi connectivity index (χ0) is 19.1. The number of nitrogens with zero attached hydrogens (tertiary/aromatic N) is 3. The first-order chi connectivity index (χ1) is 12.2. The Kier molecular flexibility index (Phi) is 4.51. The molecule has 10 heteroatoms. The van der Waals surface area contributed by atoms with Crippen molar-refractivity contribution in [2.24, 2.45) is 15.8 Å². The van der Waals surface area contributed by atoms with Crippen LogP contribution in [0.2, 0.25) is 5.02 Å². The molecule has 0 spiro atoms. The smallest absolute Gasteiger partial charge is 0.298 e. The first kappa shape index (κ1) is 18.4. The molecule has 7 nitrogen and oxygen atoms in total. The number of nitrogens with one attached hydrogen (secondary N) is 1. The van der Waals surface area contributed by atoms with E-state index in [2.05, 4.69) is 15.6 Å². The van der Waals surface area contributed by atoms with Gasteiger partial charge in [-0.1, -0.05) is 17.7 Å². The molecule has 1 aromatic carbocycles. The molecule has 1 amide bonds. The predicted octanol–water partition coefficient (Wildman–Crippen LogP) is 1.86. The maximum Gasteiger partial charge on any atom is 0.298 e. The van der Waals surface area contributed by atoms with E-state index in [4.69, 9.17) is 22.2 Å². The molecule has 1 aliphatic carbocycles. The van der Waals surface area contributed by atoms with E-state index in [9.17, 15) is 13.6 Å². The maximum absolute atomic E-state index is 14.5. The monoisotopic (exact) mass is 385 g/mol. The van der Waals surface area contributed by atoms with Gasteiger partial charge in [-0.2, -0.15) is 0 Å². The molecule has 0 unspecified atom stereocenters. The lowest BCUT2D eigenvalue weighted by atomic mass is 9.94. The van der Waals surface area contributed by atoms with Gasteiger partial charge in [-0.25, -0.2) is 19.3 Å². The number of amides is 1. The summed E-state index contributed by atoms with van der Waals surface area (Å²) in [6.07, 6.45) is 1.23. The second-order valence-corrected chi connectivity index (χ2v) is 6.74. The number of hydrogen-bond acceptors (Lipinski definition) is 5. The van der Waals surface area contributed by atoms with Crippen LogP contribution in [0.5, 0.6) is 0 Å². The fourth-order valence-electron chi connectivity index (χ4n) is 2.94. The summed E-state index contributed by atoms with van der Waals surface area (Å²) in [6.45, 7) is 0.812. The number of rotatable bonds is 4. The zero-order valence-electron chi connectivity index (χ0n) is 14.2. The van der Waals surface area contributed by atoms with Gasteiger partial charge in [0, 0.05) is 17.6 Å². The normalized spacial score (nSPS) is 23.8. The number of carbonyl (C=O) groups excluding carboxylic acids is 1. The van der Waals surface area contributed by atoms with Crippen LogP contribution in [0.4, 0.5) is 8.78 Å². The molecule has 1 saturated carbocycles. The summed E-state index contributed by atoms with van der Waals surface area (Å²) < 4.78 is 28.8. The van der Waals surface area contributed by atoms with Gasteiger partial charge in [0.05, 0.1) is 5.41 Å². The molecule has 0 bridgehead atoms. The van der Waals surface area contributed by atoms with Crippen LogP contribution in [0, 0.1) is 5.82 Å². The van der Waals surface area contributed by atoms with Gasteiger partial charge >= 0.3 is 0 Å². The quantitative estimate of drug-likeness (QED) is 0.358. The fourth-order valence-corrected chi connectivity index (χ4v) is 3.29. The summed E-state index contributed by atoms with van der Waals surface area (Å²) in [7, 11) is 1.51. The Labute approximate surface area is 153 Å². The summed E-state index contributed by atoms with van der Waals surface area (Å²) in [5.41, 5.74) is 7.18. The first-order valence-corrected chi connectivity index (χ1v) is 8.28. The molecule has 1 fully saturated rings. The van der Waals surface area contributed by atoms with Crippen LogP contribution in [0.1, 0.15) is 25.3 Å². The highest BCUT2D eigenvalue weighted by atomic mass is 35.5. The SMILES string of the molecule is CN=C(NOC1=NN(CC(N)=O)[C@]1(C)F)C1(c2c(F)cccc2Cl)CC1. The average molecular weight is 386 g/mol. The number of aliphatic imine (C=N–C) groups is 1. The van der Waals surface area contributed by atoms with Gasteiger partial charge in [-0.05, 0) is 31.9 Å². The highest BCUT2D eigenvalue weighted by Gasteiger charge is 2.54. The van der Waals surface area contributed by atoms with E-state index in [-0.39, 0.29) is 17.5 Å². The molecule has 3 rings (SSSR count). The Morgan fingerprint density at radius 3 is 2.73 bits per heavy atom. The summed E-state index contributed by atoms with van der Waals surface area (Å²) in [6, 6.07) is 4.45. The second-order valence-electron chi connectivity index (χ2n) is 6.34. The average Bonchev–Trinajstić information content (AvgIpc) is 3.34. The largest absolute Gasteiger partial charge is 0.368 e. The molecule has 26 heavy (non-hydrogen) atoms. The van der Waals surface area contributed by atoms with Gasteiger partial charge < -0.3 is 10.6 Å². The Balaban J connectivity index is 1.75. The minimum absolute atomic E-state index is 0.282. The van der Waals surface area contributed by atoms with Gasteiger partial charge in [0.15, 0.2) is 0 Å². The van der Waals surface area contributed by atoms with Crippen molar-refractivity contribution in [2.75, 3.05) is 13.6 Å². The minimum Gasteiger partial charge on any atom is -0.368 e. The van der Waals surface area contributed by atoms with Crippen LogP contribution >= 0.6 is 11.6 Å². The number of benzene rings is 1. The molecule has 1 aromatic rings. The van der Waals surface area contributed by atoms with E-state index >= 15 is 0 Å². The van der Waals surface area contributed by atoms with Crippen LogP contribution < -0.4 is 11.2 Å². The lowest BCUT2D eigenvalue weighted by molar-refractivity contribution is -0.124. The third kappa shape index (κ3) is 2.96. The number of amidine groups is 1. The lowest BCUT2D eigenvalue weighted by Crippen LogP contribution is -2.60. The van der Waals surface area contributed by atoms with Crippen molar-refractivity contribution in [2.45, 2.75) is 31.0 Å². The lowest BCUT2D eigenvalue weighted by Gasteiger charge is -2.39. The number of alkyl halides is 1. The molecule has 1 heterocycles. The molecule has 0 radical (unpaired) electrons. The van der Waals surface area contributed by atoms with Gasteiger partial charge in [0.1, 0.15) is 18.2 Å². The fraction of sp³-hybridized carbons (Fsp3) is 0.438. The number of nitrogens with two attached hydrogens (primary N) is 1. The molecule has 140 valence electrons. The van der Waals surface area contributed by atoms with Crippen LogP contribution in [0.3, 0.4) is 0 Å². The molecule has 0 aromatic heterocycles. The van der Waals surface area contributed by atoms with Crippen LogP contribution in [0.25, 0.3) is 0 Å². The van der Waals surface area contributed by atoms with Crippen molar-refractivity contribution >= 4 is 29.2 Å². The standard InChI is InChI=1S/C16H18ClF2N5O2/c1-15(19)14(22-24(15)8-11(20)25)26-23-13(21-2)16(6-7-16)12-9(17)4-3-5-10(12)18/h3-5H,6-8H2,1-2H3,(H2,20,25)(H,21,23)/t15-/m0/s1. The molecule has 3 N–H and O–H groups in total. The maximum atomic E-state index is 14.5. The summed E-state index contributed by atoms with van der Waals surface area (Å²) >= 11 is 6.17. The van der Waals surface area contributed by atoms with E-state index in [0.717, 1.165) is 5.01 Å². The number of carbonyl (C=O) groups is 1. The molecule has 1 aliphatic heterocycles. The summed E-state index contributed by atoms with van der Waals surface area (Å²) in [4.78, 5) is 20.2. The number of hydrogen-bond donors (Lipinski definition) is 2.